The highest BCUT2D eigenvalue weighted by molar-refractivity contribution is 7.80. The van der Waals surface area contributed by atoms with Crippen molar-refractivity contribution >= 4 is 52.4 Å². The van der Waals surface area contributed by atoms with Crippen LogP contribution >= 0.6 is 23.8 Å². The predicted octanol–water partition coefficient (Wildman–Crippen LogP) is 1.25. The van der Waals surface area contributed by atoms with Gasteiger partial charge in [0, 0.05) is 56.0 Å². The van der Waals surface area contributed by atoms with Crippen molar-refractivity contribution in [1.29, 1.82) is 0 Å². The van der Waals surface area contributed by atoms with Crippen molar-refractivity contribution in [2.75, 3.05) is 57.8 Å². The van der Waals surface area contributed by atoms with Gasteiger partial charge < -0.3 is 20.3 Å². The van der Waals surface area contributed by atoms with E-state index < -0.39 is 0 Å². The molecule has 3 aliphatic rings. The number of anilines is 1. The molecule has 2 N–H and O–H groups in total. The van der Waals surface area contributed by atoms with Crippen LogP contribution < -0.4 is 15.5 Å². The molecule has 0 bridgehead atoms. The van der Waals surface area contributed by atoms with E-state index in [2.05, 4.69) is 26.5 Å². The van der Waals surface area contributed by atoms with E-state index in [0.29, 0.717) is 25.8 Å². The topological polar surface area (TPSA) is 94.2 Å². The zero-order valence-electron chi connectivity index (χ0n) is 19.9. The highest BCUT2D eigenvalue weighted by Crippen LogP contribution is 2.33. The first kappa shape index (κ1) is 25.7. The number of esters is 1. The molecule has 190 valence electrons. The fourth-order valence-electron chi connectivity index (χ4n) is 5.15. The van der Waals surface area contributed by atoms with E-state index >= 15 is 0 Å². The van der Waals surface area contributed by atoms with Crippen LogP contribution in [0.3, 0.4) is 0 Å². The molecular weight excluding hydrogens is 490 g/mol. The molecule has 4 rings (SSSR count). The lowest BCUT2D eigenvalue weighted by molar-refractivity contribution is -0.149. The molecule has 0 spiro atoms. The number of carbonyl (C=O) groups is 3. The van der Waals surface area contributed by atoms with Gasteiger partial charge in [-0.2, -0.15) is 0 Å². The lowest BCUT2D eigenvalue weighted by Crippen LogP contribution is -2.63. The van der Waals surface area contributed by atoms with Crippen LogP contribution in [-0.2, 0) is 19.1 Å². The monoisotopic (exact) mass is 521 g/mol. The van der Waals surface area contributed by atoms with Crippen LogP contribution in [0.4, 0.5) is 5.69 Å². The minimum atomic E-state index is -0.286. The number of nitrogens with one attached hydrogen (secondary N) is 2. The normalized spacial score (nSPS) is 25.0. The molecule has 1 aromatic rings. The SMILES string of the molecule is COC(=O)C1CCC2C(=O)N(CC(=O)NCCN3CCN(c4cccc(Cl)c4)CC3)C(=S)NC2C1. The van der Waals surface area contributed by atoms with Gasteiger partial charge in [-0.25, -0.2) is 0 Å². The molecular formula is C24H32ClN5O4S. The van der Waals surface area contributed by atoms with Gasteiger partial charge in [-0.15, -0.1) is 0 Å². The highest BCUT2D eigenvalue weighted by Gasteiger charge is 2.44. The molecule has 1 aromatic carbocycles. The van der Waals surface area contributed by atoms with Crippen LogP contribution in [0.15, 0.2) is 24.3 Å². The Morgan fingerprint density at radius 2 is 2.00 bits per heavy atom. The van der Waals surface area contributed by atoms with Crippen molar-refractivity contribution in [2.45, 2.75) is 25.3 Å². The Balaban J connectivity index is 1.19. The van der Waals surface area contributed by atoms with Crippen LogP contribution in [0.25, 0.3) is 0 Å². The Labute approximate surface area is 216 Å². The summed E-state index contributed by atoms with van der Waals surface area (Å²) in [6.45, 7) is 4.74. The number of ether oxygens (including phenoxy) is 1. The third-order valence-corrected chi connectivity index (χ3v) is 7.69. The summed E-state index contributed by atoms with van der Waals surface area (Å²) in [7, 11) is 1.37. The van der Waals surface area contributed by atoms with Crippen LogP contribution in [0.5, 0.6) is 0 Å². The maximum absolute atomic E-state index is 13.0. The summed E-state index contributed by atoms with van der Waals surface area (Å²) in [5.41, 5.74) is 1.13. The standard InChI is InChI=1S/C24H32ClN5O4S/c1-34-23(33)16-5-6-19-20(13-16)27-24(35)30(22(19)32)15-21(31)26-7-8-28-9-11-29(12-10-28)18-4-2-3-17(25)14-18/h2-4,14,16,19-20H,5-13,15H2,1H3,(H,26,31)(H,27,35). The number of rotatable bonds is 7. The fourth-order valence-corrected chi connectivity index (χ4v) is 5.64. The molecule has 2 amide bonds. The van der Waals surface area contributed by atoms with Crippen molar-refractivity contribution in [3.63, 3.8) is 0 Å². The van der Waals surface area contributed by atoms with Crippen molar-refractivity contribution < 1.29 is 19.1 Å². The second-order valence-corrected chi connectivity index (χ2v) is 10.1. The molecule has 11 heteroatoms. The molecule has 2 heterocycles. The summed E-state index contributed by atoms with van der Waals surface area (Å²) < 4.78 is 4.85. The Morgan fingerprint density at radius 1 is 1.23 bits per heavy atom. The number of benzene rings is 1. The Hall–Kier alpha value is -2.43. The number of halogens is 1. The number of nitrogens with zero attached hydrogens (tertiary/aromatic N) is 3. The van der Waals surface area contributed by atoms with E-state index in [1.54, 1.807) is 0 Å². The molecule has 35 heavy (non-hydrogen) atoms. The molecule has 0 aromatic heterocycles. The summed E-state index contributed by atoms with van der Waals surface area (Å²) >= 11 is 11.5. The number of thiocarbonyl (C=S) groups is 1. The molecule has 3 fully saturated rings. The number of carbonyl (C=O) groups excluding carboxylic acids is 3. The predicted molar refractivity (Wildman–Crippen MR) is 137 cm³/mol. The van der Waals surface area contributed by atoms with E-state index in [1.807, 2.05) is 18.2 Å². The van der Waals surface area contributed by atoms with E-state index in [9.17, 15) is 14.4 Å². The summed E-state index contributed by atoms with van der Waals surface area (Å²) in [6, 6.07) is 7.68. The lowest BCUT2D eigenvalue weighted by Gasteiger charge is -2.43. The van der Waals surface area contributed by atoms with Crippen molar-refractivity contribution in [1.82, 2.24) is 20.4 Å². The van der Waals surface area contributed by atoms with Gasteiger partial charge in [0.25, 0.3) is 0 Å². The van der Waals surface area contributed by atoms with Gasteiger partial charge >= 0.3 is 5.97 Å². The smallest absolute Gasteiger partial charge is 0.308 e. The van der Waals surface area contributed by atoms with Crippen LogP contribution in [-0.4, -0.2) is 91.7 Å². The Bertz CT molecular complexity index is 971. The number of hydrogen-bond acceptors (Lipinski definition) is 7. The molecule has 2 saturated heterocycles. The molecule has 1 aliphatic carbocycles. The maximum Gasteiger partial charge on any atom is 0.308 e. The lowest BCUT2D eigenvalue weighted by atomic mass is 9.76. The first-order chi connectivity index (χ1) is 16.9. The molecule has 1 saturated carbocycles. The third kappa shape index (κ3) is 6.23. The number of fused-ring (bicyclic) bond motifs is 1. The van der Waals surface area contributed by atoms with Crippen LogP contribution in [0.2, 0.25) is 5.02 Å². The van der Waals surface area contributed by atoms with Gasteiger partial charge in [0.1, 0.15) is 6.54 Å². The number of hydrogen-bond donors (Lipinski definition) is 2. The molecule has 3 unspecified atom stereocenters. The number of piperazine rings is 1. The van der Waals surface area contributed by atoms with Gasteiger partial charge in [-0.1, -0.05) is 17.7 Å². The van der Waals surface area contributed by atoms with Gasteiger partial charge in [0.05, 0.1) is 18.9 Å². The maximum atomic E-state index is 13.0. The van der Waals surface area contributed by atoms with E-state index in [4.69, 9.17) is 28.6 Å². The van der Waals surface area contributed by atoms with Crippen LogP contribution in [0, 0.1) is 11.8 Å². The highest BCUT2D eigenvalue weighted by atomic mass is 35.5. The average Bonchev–Trinajstić information content (AvgIpc) is 2.86. The average molecular weight is 522 g/mol. The number of methoxy groups -OCH3 is 1. The first-order valence-corrected chi connectivity index (χ1v) is 12.8. The molecule has 0 radical (unpaired) electrons. The summed E-state index contributed by atoms with van der Waals surface area (Å²) in [5.74, 6) is -1.15. The minimum absolute atomic E-state index is 0.100. The second kappa shape index (κ2) is 11.5. The Kier molecular flexibility index (Phi) is 8.46. The van der Waals surface area contributed by atoms with E-state index in [0.717, 1.165) is 43.4 Å². The summed E-state index contributed by atoms with van der Waals surface area (Å²) in [4.78, 5) is 43.4. The van der Waals surface area contributed by atoms with Gasteiger partial charge in [0.15, 0.2) is 5.11 Å². The molecule has 9 nitrogen and oxygen atoms in total. The van der Waals surface area contributed by atoms with E-state index in [1.165, 1.54) is 12.0 Å². The number of amides is 2. The van der Waals surface area contributed by atoms with Gasteiger partial charge in [0.2, 0.25) is 11.8 Å². The van der Waals surface area contributed by atoms with E-state index in [-0.39, 0.29) is 47.3 Å². The van der Waals surface area contributed by atoms with Gasteiger partial charge in [-0.3, -0.25) is 24.2 Å². The van der Waals surface area contributed by atoms with Crippen molar-refractivity contribution in [3.8, 4) is 0 Å². The molecule has 2 aliphatic heterocycles. The van der Waals surface area contributed by atoms with Crippen LogP contribution in [0.1, 0.15) is 19.3 Å². The summed E-state index contributed by atoms with van der Waals surface area (Å²) in [5, 5.41) is 7.07. The molecule has 3 atom stereocenters. The summed E-state index contributed by atoms with van der Waals surface area (Å²) in [6.07, 6.45) is 1.67. The zero-order valence-corrected chi connectivity index (χ0v) is 21.4. The largest absolute Gasteiger partial charge is 0.469 e. The van der Waals surface area contributed by atoms with Crippen molar-refractivity contribution in [3.05, 3.63) is 29.3 Å². The Morgan fingerprint density at radius 3 is 2.71 bits per heavy atom. The first-order valence-electron chi connectivity index (χ1n) is 12.0. The quantitative estimate of drug-likeness (QED) is 0.409. The minimum Gasteiger partial charge on any atom is -0.469 e. The third-order valence-electron chi connectivity index (χ3n) is 7.12. The second-order valence-electron chi connectivity index (χ2n) is 9.28. The fraction of sp³-hybridized carbons (Fsp3) is 0.583. The van der Waals surface area contributed by atoms with Gasteiger partial charge in [-0.05, 0) is 49.7 Å². The zero-order chi connectivity index (χ0) is 24.9. The van der Waals surface area contributed by atoms with Crippen molar-refractivity contribution in [2.24, 2.45) is 11.8 Å².